The van der Waals surface area contributed by atoms with Gasteiger partial charge in [-0.3, -0.25) is 19.8 Å². The van der Waals surface area contributed by atoms with E-state index in [0.29, 0.717) is 10.7 Å². The average molecular weight is 346 g/mol. The first-order chi connectivity index (χ1) is 11.0. The van der Waals surface area contributed by atoms with Crippen molar-refractivity contribution >= 4 is 52.5 Å². The number of thiocarbonyl (C=S) groups is 1. The summed E-state index contributed by atoms with van der Waals surface area (Å²) in [7, 11) is 1.86. The Morgan fingerprint density at radius 1 is 1.26 bits per heavy atom. The van der Waals surface area contributed by atoms with Gasteiger partial charge in [-0.15, -0.1) is 0 Å². The van der Waals surface area contributed by atoms with Crippen LogP contribution in [0.15, 0.2) is 48.3 Å². The molecule has 0 unspecified atom stereocenters. The van der Waals surface area contributed by atoms with E-state index in [2.05, 4.69) is 5.32 Å². The second kappa shape index (κ2) is 5.98. The van der Waals surface area contributed by atoms with Crippen molar-refractivity contribution in [3.8, 4) is 0 Å². The Hall–Kier alpha value is -2.44. The fourth-order valence-corrected chi connectivity index (χ4v) is 2.75. The van der Waals surface area contributed by atoms with Gasteiger partial charge in [0.2, 0.25) is 0 Å². The topological polar surface area (TPSA) is 54.3 Å². The zero-order valence-corrected chi connectivity index (χ0v) is 13.7. The molecule has 1 aliphatic heterocycles. The van der Waals surface area contributed by atoms with Gasteiger partial charge in [0, 0.05) is 24.5 Å². The maximum absolute atomic E-state index is 12.7. The predicted molar refractivity (Wildman–Crippen MR) is 93.1 cm³/mol. The van der Waals surface area contributed by atoms with E-state index in [9.17, 15) is 9.59 Å². The summed E-state index contributed by atoms with van der Waals surface area (Å²) in [5.41, 5.74) is 1.28. The summed E-state index contributed by atoms with van der Waals surface area (Å²) < 4.78 is 1.83. The number of carbonyl (C=O) groups is 2. The Morgan fingerprint density at radius 3 is 2.70 bits per heavy atom. The third-order valence-electron chi connectivity index (χ3n) is 3.33. The molecule has 116 valence electrons. The van der Waals surface area contributed by atoms with Gasteiger partial charge < -0.3 is 4.57 Å². The van der Waals surface area contributed by atoms with Crippen molar-refractivity contribution in [2.75, 3.05) is 4.90 Å². The van der Waals surface area contributed by atoms with Crippen LogP contribution in [-0.2, 0) is 16.6 Å². The summed E-state index contributed by atoms with van der Waals surface area (Å²) in [5, 5.41) is 3.04. The summed E-state index contributed by atoms with van der Waals surface area (Å²) in [6.45, 7) is 0. The lowest BCUT2D eigenvalue weighted by Gasteiger charge is -2.28. The van der Waals surface area contributed by atoms with E-state index in [4.69, 9.17) is 23.8 Å². The second-order valence-corrected chi connectivity index (χ2v) is 5.87. The van der Waals surface area contributed by atoms with Gasteiger partial charge in [0.1, 0.15) is 5.57 Å². The highest BCUT2D eigenvalue weighted by Gasteiger charge is 2.34. The molecule has 1 aromatic carbocycles. The molecule has 1 aromatic heterocycles. The molecule has 3 rings (SSSR count). The van der Waals surface area contributed by atoms with Crippen molar-refractivity contribution in [2.24, 2.45) is 7.05 Å². The molecule has 2 aromatic rings. The molecule has 5 nitrogen and oxygen atoms in total. The van der Waals surface area contributed by atoms with Gasteiger partial charge in [-0.05, 0) is 48.1 Å². The zero-order chi connectivity index (χ0) is 16.6. The Balaban J connectivity index is 2.02. The van der Waals surface area contributed by atoms with Gasteiger partial charge in [0.05, 0.1) is 5.69 Å². The number of nitrogens with one attached hydrogen (secondary N) is 1. The van der Waals surface area contributed by atoms with Crippen LogP contribution in [0.2, 0.25) is 5.02 Å². The number of carbonyl (C=O) groups excluding carboxylic acids is 2. The summed E-state index contributed by atoms with van der Waals surface area (Å²) >= 11 is 11.1. The molecule has 1 aliphatic rings. The van der Waals surface area contributed by atoms with Crippen molar-refractivity contribution < 1.29 is 9.59 Å². The second-order valence-electron chi connectivity index (χ2n) is 5.05. The number of amides is 2. The minimum atomic E-state index is -0.512. The van der Waals surface area contributed by atoms with Gasteiger partial charge >= 0.3 is 0 Å². The molecule has 0 radical (unpaired) electrons. The maximum atomic E-state index is 12.7. The van der Waals surface area contributed by atoms with Crippen molar-refractivity contribution in [2.45, 2.75) is 0 Å². The molecule has 23 heavy (non-hydrogen) atoms. The molecular formula is C16H12ClN3O2S. The van der Waals surface area contributed by atoms with Crippen LogP contribution < -0.4 is 10.2 Å². The molecule has 0 saturated carbocycles. The van der Waals surface area contributed by atoms with Gasteiger partial charge in [-0.2, -0.15) is 0 Å². The highest BCUT2D eigenvalue weighted by atomic mass is 35.5. The molecule has 0 spiro atoms. The van der Waals surface area contributed by atoms with Gasteiger partial charge in [0.15, 0.2) is 5.11 Å². The summed E-state index contributed by atoms with van der Waals surface area (Å²) in [6.07, 6.45) is 5.18. The van der Waals surface area contributed by atoms with Crippen LogP contribution in [0.25, 0.3) is 6.08 Å². The number of aryl methyl sites for hydroxylation is 1. The van der Waals surface area contributed by atoms with Crippen molar-refractivity contribution in [3.63, 3.8) is 0 Å². The number of hydrogen-bond acceptors (Lipinski definition) is 3. The number of nitrogens with zero attached hydrogens (tertiary/aromatic N) is 2. The van der Waals surface area contributed by atoms with Gasteiger partial charge in [-0.25, -0.2) is 0 Å². The molecule has 1 N–H and O–H groups in total. The van der Waals surface area contributed by atoms with Gasteiger partial charge in [0.25, 0.3) is 11.8 Å². The summed E-state index contributed by atoms with van der Waals surface area (Å²) in [6, 6.07) is 8.54. The molecule has 0 atom stereocenters. The lowest BCUT2D eigenvalue weighted by atomic mass is 10.1. The molecule has 2 heterocycles. The number of rotatable bonds is 2. The normalized spacial score (nSPS) is 16.9. The lowest BCUT2D eigenvalue weighted by molar-refractivity contribution is -0.122. The monoisotopic (exact) mass is 345 g/mol. The van der Waals surface area contributed by atoms with Crippen molar-refractivity contribution in [3.05, 3.63) is 58.9 Å². The highest BCUT2D eigenvalue weighted by Crippen LogP contribution is 2.24. The first-order valence-electron chi connectivity index (χ1n) is 6.75. The Bertz CT molecular complexity index is 857. The fraction of sp³-hybridized carbons (Fsp3) is 0.0625. The van der Waals surface area contributed by atoms with Crippen LogP contribution in [0.4, 0.5) is 5.69 Å². The van der Waals surface area contributed by atoms with Crippen LogP contribution in [-0.4, -0.2) is 21.5 Å². The van der Waals surface area contributed by atoms with E-state index in [1.807, 2.05) is 30.1 Å². The molecule has 0 aliphatic carbocycles. The zero-order valence-electron chi connectivity index (χ0n) is 12.1. The Morgan fingerprint density at radius 2 is 2.04 bits per heavy atom. The molecule has 1 saturated heterocycles. The smallest absolute Gasteiger partial charge is 0.270 e. The minimum absolute atomic E-state index is 0.0183. The standard InChI is InChI=1S/C16H12ClN3O2S/c1-19-6-5-10(9-19)7-13-14(21)18-16(23)20(15(13)22)12-4-2-3-11(17)8-12/h2-9H,1H3,(H,18,21,23)/b13-7-. The van der Waals surface area contributed by atoms with Crippen LogP contribution >= 0.6 is 23.8 Å². The van der Waals surface area contributed by atoms with E-state index in [0.717, 1.165) is 5.56 Å². The van der Waals surface area contributed by atoms with Crippen molar-refractivity contribution in [1.82, 2.24) is 9.88 Å². The SMILES string of the molecule is Cn1ccc(/C=C2/C(=O)NC(=S)N(c3cccc(Cl)c3)C2=O)c1. The third kappa shape index (κ3) is 3.04. The predicted octanol–water partition coefficient (Wildman–Crippen LogP) is 2.51. The Labute approximate surface area is 143 Å². The van der Waals surface area contributed by atoms with E-state index >= 15 is 0 Å². The molecule has 1 fully saturated rings. The summed E-state index contributed by atoms with van der Waals surface area (Å²) in [5.74, 6) is -0.994. The van der Waals surface area contributed by atoms with E-state index < -0.39 is 11.8 Å². The van der Waals surface area contributed by atoms with Crippen molar-refractivity contribution in [1.29, 1.82) is 0 Å². The number of anilines is 1. The largest absolute Gasteiger partial charge is 0.357 e. The quantitative estimate of drug-likeness (QED) is 0.517. The van der Waals surface area contributed by atoms with Gasteiger partial charge in [-0.1, -0.05) is 17.7 Å². The third-order valence-corrected chi connectivity index (χ3v) is 3.85. The van der Waals surface area contributed by atoms with Crippen LogP contribution in [0.1, 0.15) is 5.56 Å². The maximum Gasteiger partial charge on any atom is 0.270 e. The van der Waals surface area contributed by atoms with E-state index in [1.165, 1.54) is 11.0 Å². The first-order valence-corrected chi connectivity index (χ1v) is 7.53. The number of hydrogen-bond donors (Lipinski definition) is 1. The molecule has 7 heteroatoms. The molecule has 0 bridgehead atoms. The Kier molecular flexibility index (Phi) is 4.02. The number of benzene rings is 1. The lowest BCUT2D eigenvalue weighted by Crippen LogP contribution is -2.54. The first kappa shape index (κ1) is 15.5. The van der Waals surface area contributed by atoms with Crippen LogP contribution in [0.5, 0.6) is 0 Å². The minimum Gasteiger partial charge on any atom is -0.357 e. The van der Waals surface area contributed by atoms with Crippen LogP contribution in [0, 0.1) is 0 Å². The summed E-state index contributed by atoms with van der Waals surface area (Å²) in [4.78, 5) is 26.1. The fourth-order valence-electron chi connectivity index (χ4n) is 2.28. The van der Waals surface area contributed by atoms with Crippen LogP contribution in [0.3, 0.4) is 0 Å². The molecule has 2 amide bonds. The van der Waals surface area contributed by atoms with E-state index in [1.54, 1.807) is 24.3 Å². The average Bonchev–Trinajstić information content (AvgIpc) is 2.89. The van der Waals surface area contributed by atoms with E-state index in [-0.39, 0.29) is 10.7 Å². The number of halogens is 1. The highest BCUT2D eigenvalue weighted by molar-refractivity contribution is 7.80. The number of aromatic nitrogens is 1. The molecular weight excluding hydrogens is 334 g/mol.